The molecular weight excluding hydrogens is 304 g/mol. The SMILES string of the molecule is COCc1ccccc1CNC(=O)N1CCC(OCC(C)C)CC1. The summed E-state index contributed by atoms with van der Waals surface area (Å²) in [5.74, 6) is 0.554. The van der Waals surface area contributed by atoms with Gasteiger partial charge in [-0.1, -0.05) is 38.1 Å². The van der Waals surface area contributed by atoms with E-state index in [4.69, 9.17) is 9.47 Å². The summed E-state index contributed by atoms with van der Waals surface area (Å²) >= 11 is 0. The van der Waals surface area contributed by atoms with Crippen molar-refractivity contribution in [3.63, 3.8) is 0 Å². The maximum atomic E-state index is 12.4. The Morgan fingerprint density at radius 2 is 1.92 bits per heavy atom. The molecule has 1 saturated heterocycles. The third-order valence-corrected chi connectivity index (χ3v) is 4.24. The zero-order valence-electron chi connectivity index (χ0n) is 15.1. The Bertz CT molecular complexity index is 511. The fraction of sp³-hybridized carbons (Fsp3) is 0.632. The number of amides is 2. The maximum absolute atomic E-state index is 12.4. The number of urea groups is 1. The number of rotatable bonds is 7. The van der Waals surface area contributed by atoms with Gasteiger partial charge in [0.15, 0.2) is 0 Å². The number of nitrogens with one attached hydrogen (secondary N) is 1. The van der Waals surface area contributed by atoms with Gasteiger partial charge in [-0.2, -0.15) is 0 Å². The molecule has 1 aliphatic heterocycles. The first-order valence-corrected chi connectivity index (χ1v) is 8.80. The van der Waals surface area contributed by atoms with Gasteiger partial charge in [0.25, 0.3) is 0 Å². The van der Waals surface area contributed by atoms with Crippen LogP contribution in [0.2, 0.25) is 0 Å². The van der Waals surface area contributed by atoms with Crippen LogP contribution in [0.25, 0.3) is 0 Å². The highest BCUT2D eigenvalue weighted by Crippen LogP contribution is 2.15. The molecule has 0 radical (unpaired) electrons. The van der Waals surface area contributed by atoms with Crippen LogP contribution in [0.5, 0.6) is 0 Å². The predicted octanol–water partition coefficient (Wildman–Crippen LogP) is 3.18. The zero-order valence-corrected chi connectivity index (χ0v) is 15.1. The monoisotopic (exact) mass is 334 g/mol. The van der Waals surface area contributed by atoms with E-state index in [-0.39, 0.29) is 6.03 Å². The van der Waals surface area contributed by atoms with E-state index in [0.717, 1.165) is 43.7 Å². The molecule has 0 atom stereocenters. The molecule has 24 heavy (non-hydrogen) atoms. The van der Waals surface area contributed by atoms with E-state index >= 15 is 0 Å². The molecule has 1 aliphatic rings. The Morgan fingerprint density at radius 1 is 1.25 bits per heavy atom. The quantitative estimate of drug-likeness (QED) is 0.833. The Labute approximate surface area is 145 Å². The lowest BCUT2D eigenvalue weighted by molar-refractivity contribution is 0.00210. The molecule has 1 aromatic rings. The van der Waals surface area contributed by atoms with Gasteiger partial charge in [0.05, 0.1) is 12.7 Å². The van der Waals surface area contributed by atoms with Crippen molar-refractivity contribution in [3.8, 4) is 0 Å². The van der Waals surface area contributed by atoms with Crippen molar-refractivity contribution < 1.29 is 14.3 Å². The fourth-order valence-electron chi connectivity index (χ4n) is 2.86. The van der Waals surface area contributed by atoms with E-state index in [1.54, 1.807) is 7.11 Å². The van der Waals surface area contributed by atoms with Crippen molar-refractivity contribution in [1.29, 1.82) is 0 Å². The van der Waals surface area contributed by atoms with Crippen LogP contribution in [0.1, 0.15) is 37.8 Å². The molecule has 1 fully saturated rings. The van der Waals surface area contributed by atoms with Gasteiger partial charge in [-0.05, 0) is 29.9 Å². The van der Waals surface area contributed by atoms with Crippen LogP contribution >= 0.6 is 0 Å². The number of ether oxygens (including phenoxy) is 2. The highest BCUT2D eigenvalue weighted by molar-refractivity contribution is 5.74. The van der Waals surface area contributed by atoms with Gasteiger partial charge in [0.2, 0.25) is 0 Å². The second-order valence-corrected chi connectivity index (χ2v) is 6.77. The Hall–Kier alpha value is -1.59. The van der Waals surface area contributed by atoms with Crippen molar-refractivity contribution in [3.05, 3.63) is 35.4 Å². The molecule has 2 amide bonds. The lowest BCUT2D eigenvalue weighted by atomic mass is 10.1. The second-order valence-electron chi connectivity index (χ2n) is 6.77. The summed E-state index contributed by atoms with van der Waals surface area (Å²) in [6.07, 6.45) is 2.12. The Kier molecular flexibility index (Phi) is 7.53. The van der Waals surface area contributed by atoms with Crippen molar-refractivity contribution in [1.82, 2.24) is 10.2 Å². The summed E-state index contributed by atoms with van der Waals surface area (Å²) < 4.78 is 11.1. The summed E-state index contributed by atoms with van der Waals surface area (Å²) in [7, 11) is 1.68. The third-order valence-electron chi connectivity index (χ3n) is 4.24. The number of carbonyl (C=O) groups is 1. The summed E-state index contributed by atoms with van der Waals surface area (Å²) in [5, 5.41) is 3.02. The average molecular weight is 334 g/mol. The van der Waals surface area contributed by atoms with Crippen molar-refractivity contribution in [2.45, 2.75) is 45.9 Å². The molecule has 1 heterocycles. The Morgan fingerprint density at radius 3 is 2.54 bits per heavy atom. The molecular formula is C19H30N2O3. The lowest BCUT2D eigenvalue weighted by Gasteiger charge is -2.32. The lowest BCUT2D eigenvalue weighted by Crippen LogP contribution is -2.45. The van der Waals surface area contributed by atoms with Crippen molar-refractivity contribution in [2.75, 3.05) is 26.8 Å². The molecule has 0 saturated carbocycles. The van der Waals surface area contributed by atoms with Crippen LogP contribution in [0.15, 0.2) is 24.3 Å². The van der Waals surface area contributed by atoms with Gasteiger partial charge in [-0.15, -0.1) is 0 Å². The maximum Gasteiger partial charge on any atom is 0.317 e. The minimum atomic E-state index is 0.00419. The molecule has 0 unspecified atom stereocenters. The van der Waals surface area contributed by atoms with E-state index in [9.17, 15) is 4.79 Å². The van der Waals surface area contributed by atoms with E-state index in [1.807, 2.05) is 29.2 Å². The first-order chi connectivity index (χ1) is 11.6. The number of benzene rings is 1. The number of hydrogen-bond acceptors (Lipinski definition) is 3. The first kappa shape index (κ1) is 18.7. The van der Waals surface area contributed by atoms with Gasteiger partial charge in [-0.25, -0.2) is 4.79 Å². The van der Waals surface area contributed by atoms with Gasteiger partial charge < -0.3 is 19.7 Å². The number of carbonyl (C=O) groups excluding carboxylic acids is 1. The van der Waals surface area contributed by atoms with E-state index in [2.05, 4.69) is 19.2 Å². The van der Waals surface area contributed by atoms with Crippen LogP contribution in [0, 0.1) is 5.92 Å². The van der Waals surface area contributed by atoms with Gasteiger partial charge in [-0.3, -0.25) is 0 Å². The molecule has 134 valence electrons. The van der Waals surface area contributed by atoms with E-state index < -0.39 is 0 Å². The smallest absolute Gasteiger partial charge is 0.317 e. The molecule has 2 rings (SSSR count). The number of piperidine rings is 1. The standard InChI is InChI=1S/C19H30N2O3/c1-15(2)13-24-18-8-10-21(11-9-18)19(22)20-12-16-6-4-5-7-17(16)14-23-3/h4-7,15,18H,8-14H2,1-3H3,(H,20,22). The molecule has 5 nitrogen and oxygen atoms in total. The van der Waals surface area contributed by atoms with Crippen molar-refractivity contribution in [2.24, 2.45) is 5.92 Å². The minimum absolute atomic E-state index is 0.00419. The average Bonchev–Trinajstić information content (AvgIpc) is 2.59. The number of likely N-dealkylation sites (tertiary alicyclic amines) is 1. The second kappa shape index (κ2) is 9.64. The first-order valence-electron chi connectivity index (χ1n) is 8.80. The van der Waals surface area contributed by atoms with E-state index in [0.29, 0.717) is 25.2 Å². The summed E-state index contributed by atoms with van der Waals surface area (Å²) in [5.41, 5.74) is 2.21. The highest BCUT2D eigenvalue weighted by atomic mass is 16.5. The van der Waals surface area contributed by atoms with Crippen LogP contribution < -0.4 is 5.32 Å². The van der Waals surface area contributed by atoms with Crippen LogP contribution in [-0.2, 0) is 22.6 Å². The largest absolute Gasteiger partial charge is 0.380 e. The number of hydrogen-bond donors (Lipinski definition) is 1. The topological polar surface area (TPSA) is 50.8 Å². The predicted molar refractivity (Wildman–Crippen MR) is 94.8 cm³/mol. The number of nitrogens with zero attached hydrogens (tertiary/aromatic N) is 1. The minimum Gasteiger partial charge on any atom is -0.380 e. The van der Waals surface area contributed by atoms with Crippen LogP contribution in [0.3, 0.4) is 0 Å². The molecule has 1 aromatic carbocycles. The van der Waals surface area contributed by atoms with E-state index in [1.165, 1.54) is 0 Å². The molecule has 0 bridgehead atoms. The van der Waals surface area contributed by atoms with Crippen molar-refractivity contribution >= 4 is 6.03 Å². The summed E-state index contributed by atoms with van der Waals surface area (Å²) in [4.78, 5) is 14.2. The molecule has 5 heteroatoms. The van der Waals surface area contributed by atoms with Gasteiger partial charge in [0, 0.05) is 33.4 Å². The number of methoxy groups -OCH3 is 1. The van der Waals surface area contributed by atoms with Crippen LogP contribution in [-0.4, -0.2) is 43.8 Å². The van der Waals surface area contributed by atoms with Crippen LogP contribution in [0.4, 0.5) is 4.79 Å². The Balaban J connectivity index is 1.76. The molecule has 1 N–H and O–H groups in total. The zero-order chi connectivity index (χ0) is 17.4. The van der Waals surface area contributed by atoms with Gasteiger partial charge in [0.1, 0.15) is 0 Å². The highest BCUT2D eigenvalue weighted by Gasteiger charge is 2.23. The molecule has 0 aromatic heterocycles. The normalized spacial score (nSPS) is 15.8. The molecule has 0 spiro atoms. The fourth-order valence-corrected chi connectivity index (χ4v) is 2.86. The third kappa shape index (κ3) is 5.80. The molecule has 0 aliphatic carbocycles. The summed E-state index contributed by atoms with van der Waals surface area (Å²) in [6.45, 7) is 7.72. The van der Waals surface area contributed by atoms with Gasteiger partial charge >= 0.3 is 6.03 Å². The summed E-state index contributed by atoms with van der Waals surface area (Å²) in [6, 6.07) is 8.03.